The second-order valence-electron chi connectivity index (χ2n) is 3.21. The van der Waals surface area contributed by atoms with Gasteiger partial charge in [-0.1, -0.05) is 12.1 Å². The van der Waals surface area contributed by atoms with Crippen molar-refractivity contribution in [1.82, 2.24) is 0 Å². The molecule has 6 nitrogen and oxygen atoms in total. The van der Waals surface area contributed by atoms with Crippen LogP contribution in [0.1, 0.15) is 22.0 Å². The van der Waals surface area contributed by atoms with E-state index in [1.54, 1.807) is 0 Å². The highest BCUT2D eigenvalue weighted by Crippen LogP contribution is 2.17. The zero-order valence-corrected chi connectivity index (χ0v) is 8.20. The van der Waals surface area contributed by atoms with Crippen molar-refractivity contribution >= 4 is 11.9 Å². The summed E-state index contributed by atoms with van der Waals surface area (Å²) >= 11 is 0. The zero-order chi connectivity index (χ0) is 12.3. The van der Waals surface area contributed by atoms with Crippen LogP contribution < -0.4 is 5.73 Å². The first-order valence-electron chi connectivity index (χ1n) is 4.42. The van der Waals surface area contributed by atoms with Crippen LogP contribution >= 0.6 is 0 Å². The second kappa shape index (κ2) is 4.73. The summed E-state index contributed by atoms with van der Waals surface area (Å²) in [6, 6.07) is 5.35. The Kier molecular flexibility index (Phi) is 3.60. The van der Waals surface area contributed by atoms with Gasteiger partial charge in [0.2, 0.25) is 5.91 Å². The van der Waals surface area contributed by atoms with Gasteiger partial charge in [-0.25, -0.2) is 4.79 Å². The van der Waals surface area contributed by atoms with E-state index in [1.165, 1.54) is 24.3 Å². The molecule has 0 aliphatic carbocycles. The van der Waals surface area contributed by atoms with Gasteiger partial charge < -0.3 is 21.1 Å². The fourth-order valence-electron chi connectivity index (χ4n) is 1.16. The van der Waals surface area contributed by atoms with Gasteiger partial charge in [0.1, 0.15) is 6.10 Å². The van der Waals surface area contributed by atoms with Crippen LogP contribution in [0.5, 0.6) is 0 Å². The van der Waals surface area contributed by atoms with Crippen LogP contribution in [0.25, 0.3) is 0 Å². The second-order valence-corrected chi connectivity index (χ2v) is 3.21. The number of carbonyl (C=O) groups excluding carboxylic acids is 1. The van der Waals surface area contributed by atoms with Crippen molar-refractivity contribution in [2.24, 2.45) is 5.73 Å². The first kappa shape index (κ1) is 12.2. The molecule has 0 bridgehead atoms. The van der Waals surface area contributed by atoms with Crippen molar-refractivity contribution in [3.8, 4) is 0 Å². The predicted octanol–water partition coefficient (Wildman–Crippen LogP) is -0.736. The van der Waals surface area contributed by atoms with Crippen molar-refractivity contribution in [2.75, 3.05) is 0 Å². The molecular formula is C10H11NO5. The van der Waals surface area contributed by atoms with Gasteiger partial charge in [-0.15, -0.1) is 0 Å². The number of hydrogen-bond donors (Lipinski definition) is 4. The molecule has 1 aromatic carbocycles. The average Bonchev–Trinajstić information content (AvgIpc) is 2.27. The number of aliphatic carboxylic acids is 1. The van der Waals surface area contributed by atoms with E-state index in [2.05, 4.69) is 0 Å². The van der Waals surface area contributed by atoms with E-state index in [4.69, 9.17) is 15.9 Å². The molecule has 86 valence electrons. The number of amides is 1. The lowest BCUT2D eigenvalue weighted by atomic mass is 10.0. The summed E-state index contributed by atoms with van der Waals surface area (Å²) in [6.45, 7) is 0. The third-order valence-corrected chi connectivity index (χ3v) is 2.09. The van der Waals surface area contributed by atoms with Gasteiger partial charge in [0.05, 0.1) is 0 Å². The Morgan fingerprint density at radius 2 is 1.62 bits per heavy atom. The summed E-state index contributed by atoms with van der Waals surface area (Å²) < 4.78 is 0. The Bertz CT molecular complexity index is 400. The minimum absolute atomic E-state index is 0.194. The third-order valence-electron chi connectivity index (χ3n) is 2.09. The number of aliphatic hydroxyl groups is 2. The first-order chi connectivity index (χ1) is 7.43. The number of benzene rings is 1. The highest BCUT2D eigenvalue weighted by molar-refractivity contribution is 5.92. The molecule has 0 aliphatic rings. The topological polar surface area (TPSA) is 121 Å². The molecule has 0 aromatic heterocycles. The summed E-state index contributed by atoms with van der Waals surface area (Å²) in [5, 5.41) is 27.0. The highest BCUT2D eigenvalue weighted by atomic mass is 16.4. The Morgan fingerprint density at radius 1 is 1.12 bits per heavy atom. The zero-order valence-electron chi connectivity index (χ0n) is 8.20. The number of nitrogens with two attached hydrogens (primary N) is 1. The van der Waals surface area contributed by atoms with E-state index in [-0.39, 0.29) is 11.1 Å². The maximum absolute atomic E-state index is 10.7. The molecule has 2 atom stereocenters. The van der Waals surface area contributed by atoms with E-state index < -0.39 is 24.1 Å². The van der Waals surface area contributed by atoms with Crippen molar-refractivity contribution in [1.29, 1.82) is 0 Å². The van der Waals surface area contributed by atoms with Gasteiger partial charge in [-0.05, 0) is 17.7 Å². The molecule has 16 heavy (non-hydrogen) atoms. The predicted molar refractivity (Wildman–Crippen MR) is 53.6 cm³/mol. The van der Waals surface area contributed by atoms with E-state index in [0.717, 1.165) is 0 Å². The van der Waals surface area contributed by atoms with Crippen LogP contribution in [0.15, 0.2) is 24.3 Å². The number of primary amides is 1. The van der Waals surface area contributed by atoms with Crippen LogP contribution in [0.3, 0.4) is 0 Å². The first-order valence-corrected chi connectivity index (χ1v) is 4.42. The van der Waals surface area contributed by atoms with Crippen LogP contribution in [0.2, 0.25) is 0 Å². The number of carbonyl (C=O) groups is 2. The fourth-order valence-corrected chi connectivity index (χ4v) is 1.16. The molecular weight excluding hydrogens is 214 g/mol. The number of hydrogen-bond acceptors (Lipinski definition) is 4. The summed E-state index contributed by atoms with van der Waals surface area (Å²) in [6.07, 6.45) is -3.45. The molecule has 0 saturated heterocycles. The molecule has 0 aliphatic heterocycles. The maximum Gasteiger partial charge on any atom is 0.335 e. The van der Waals surface area contributed by atoms with Gasteiger partial charge in [0, 0.05) is 5.56 Å². The molecule has 1 rings (SSSR count). The van der Waals surface area contributed by atoms with Crippen LogP contribution in [0.4, 0.5) is 0 Å². The summed E-state index contributed by atoms with van der Waals surface area (Å²) in [4.78, 5) is 21.1. The molecule has 0 saturated carbocycles. The van der Waals surface area contributed by atoms with Gasteiger partial charge in [0.15, 0.2) is 6.10 Å². The minimum atomic E-state index is -1.90. The van der Waals surface area contributed by atoms with Crippen LogP contribution in [-0.4, -0.2) is 33.3 Å². The smallest absolute Gasteiger partial charge is 0.335 e. The van der Waals surface area contributed by atoms with Crippen molar-refractivity contribution < 1.29 is 24.9 Å². The normalized spacial score (nSPS) is 14.1. The Hall–Kier alpha value is -1.92. The summed E-state index contributed by atoms with van der Waals surface area (Å²) in [5.41, 5.74) is 5.43. The largest absolute Gasteiger partial charge is 0.479 e. The quantitative estimate of drug-likeness (QED) is 0.538. The maximum atomic E-state index is 10.7. The van der Waals surface area contributed by atoms with Gasteiger partial charge in [-0.3, -0.25) is 4.79 Å². The summed E-state index contributed by atoms with van der Waals surface area (Å²) in [7, 11) is 0. The number of rotatable bonds is 4. The van der Waals surface area contributed by atoms with Gasteiger partial charge >= 0.3 is 5.97 Å². The standard InChI is InChI=1S/C10H11NO5/c11-9(14)6-3-1-5(2-4-6)7(12)8(13)10(15)16/h1-4,7-8,12-13H,(H2,11,14)(H,15,16). The molecule has 0 fully saturated rings. The lowest BCUT2D eigenvalue weighted by Gasteiger charge is -2.14. The molecule has 2 unspecified atom stereocenters. The van der Waals surface area contributed by atoms with Crippen molar-refractivity contribution in [2.45, 2.75) is 12.2 Å². The molecule has 0 radical (unpaired) electrons. The fraction of sp³-hybridized carbons (Fsp3) is 0.200. The Balaban J connectivity index is 2.89. The minimum Gasteiger partial charge on any atom is -0.479 e. The molecule has 5 N–H and O–H groups in total. The van der Waals surface area contributed by atoms with E-state index >= 15 is 0 Å². The Morgan fingerprint density at radius 3 is 2.00 bits per heavy atom. The number of carboxylic acids is 1. The molecule has 6 heteroatoms. The van der Waals surface area contributed by atoms with Crippen molar-refractivity contribution in [3.05, 3.63) is 35.4 Å². The average molecular weight is 225 g/mol. The van der Waals surface area contributed by atoms with Crippen LogP contribution in [-0.2, 0) is 4.79 Å². The highest BCUT2D eigenvalue weighted by Gasteiger charge is 2.24. The van der Waals surface area contributed by atoms with Crippen molar-refractivity contribution in [3.63, 3.8) is 0 Å². The van der Waals surface area contributed by atoms with Gasteiger partial charge in [-0.2, -0.15) is 0 Å². The number of aliphatic hydroxyl groups excluding tert-OH is 2. The molecule has 0 spiro atoms. The molecule has 1 amide bonds. The lowest BCUT2D eigenvalue weighted by Crippen LogP contribution is -2.27. The van der Waals surface area contributed by atoms with Crippen LogP contribution in [0, 0.1) is 0 Å². The Labute approximate surface area is 90.9 Å². The SMILES string of the molecule is NC(=O)c1ccc(C(O)C(O)C(=O)O)cc1. The third kappa shape index (κ3) is 2.56. The van der Waals surface area contributed by atoms with E-state index in [0.29, 0.717) is 0 Å². The van der Waals surface area contributed by atoms with Gasteiger partial charge in [0.25, 0.3) is 0 Å². The van der Waals surface area contributed by atoms with E-state index in [9.17, 15) is 14.7 Å². The summed E-state index contributed by atoms with van der Waals surface area (Å²) in [5.74, 6) is -2.15. The number of carboxylic acid groups (broad SMARTS) is 1. The molecule has 1 aromatic rings. The lowest BCUT2D eigenvalue weighted by molar-refractivity contribution is -0.153. The monoisotopic (exact) mass is 225 g/mol. The molecule has 0 heterocycles. The van der Waals surface area contributed by atoms with E-state index in [1.807, 2.05) is 0 Å².